The van der Waals surface area contributed by atoms with Crippen LogP contribution in [0, 0.1) is 11.8 Å². The molecule has 1 saturated carbocycles. The molecule has 1 aliphatic rings. The van der Waals surface area contributed by atoms with Gasteiger partial charge in [0, 0.05) is 5.92 Å². The minimum Gasteiger partial charge on any atom is -0.498 e. The first-order valence-corrected chi connectivity index (χ1v) is 9.36. The molecule has 0 aromatic rings. The van der Waals surface area contributed by atoms with E-state index >= 15 is 0 Å². The van der Waals surface area contributed by atoms with Crippen molar-refractivity contribution in [1.82, 2.24) is 0 Å². The molecule has 0 N–H and O–H groups in total. The maximum Gasteiger partial charge on any atom is 0.523 e. The van der Waals surface area contributed by atoms with Crippen LogP contribution < -0.4 is 0 Å². The number of alkyl halides is 3. The SMILES string of the molecule is CC=C(OCCCC)C1CCC(COS(=O)(=O)C(F)(F)F)CC1. The van der Waals surface area contributed by atoms with Gasteiger partial charge >= 0.3 is 15.6 Å². The first-order chi connectivity index (χ1) is 10.7. The number of allylic oxidation sites excluding steroid dienone is 2. The van der Waals surface area contributed by atoms with Crippen molar-refractivity contribution in [3.63, 3.8) is 0 Å². The molecule has 1 fully saturated rings. The third-order valence-electron chi connectivity index (χ3n) is 4.04. The van der Waals surface area contributed by atoms with Crippen molar-refractivity contribution >= 4 is 10.1 Å². The van der Waals surface area contributed by atoms with E-state index < -0.39 is 22.2 Å². The molecule has 0 spiro atoms. The highest BCUT2D eigenvalue weighted by atomic mass is 32.2. The van der Waals surface area contributed by atoms with Crippen molar-refractivity contribution in [2.24, 2.45) is 11.8 Å². The van der Waals surface area contributed by atoms with Crippen LogP contribution in [-0.2, 0) is 19.0 Å². The van der Waals surface area contributed by atoms with E-state index in [1.807, 2.05) is 13.0 Å². The van der Waals surface area contributed by atoms with Gasteiger partial charge in [0.1, 0.15) is 0 Å². The number of ether oxygens (including phenoxy) is 1. The number of unbranched alkanes of at least 4 members (excludes halogenated alkanes) is 1. The van der Waals surface area contributed by atoms with Crippen LogP contribution in [0.15, 0.2) is 11.8 Å². The van der Waals surface area contributed by atoms with Crippen LogP contribution in [0.25, 0.3) is 0 Å². The second-order valence-corrected chi connectivity index (χ2v) is 7.40. The molecule has 0 amide bonds. The second-order valence-electron chi connectivity index (χ2n) is 5.80. The second kappa shape index (κ2) is 8.92. The fourth-order valence-electron chi connectivity index (χ4n) is 2.64. The van der Waals surface area contributed by atoms with Gasteiger partial charge in [-0.1, -0.05) is 13.3 Å². The lowest BCUT2D eigenvalue weighted by Gasteiger charge is -2.29. The van der Waals surface area contributed by atoms with Crippen LogP contribution in [0.5, 0.6) is 0 Å². The average Bonchev–Trinajstić information content (AvgIpc) is 2.49. The summed E-state index contributed by atoms with van der Waals surface area (Å²) in [5.74, 6) is 1.02. The van der Waals surface area contributed by atoms with E-state index in [4.69, 9.17) is 4.74 Å². The maximum atomic E-state index is 12.2. The summed E-state index contributed by atoms with van der Waals surface area (Å²) in [5.41, 5.74) is -5.35. The minimum atomic E-state index is -5.48. The topological polar surface area (TPSA) is 52.6 Å². The minimum absolute atomic E-state index is 0.169. The van der Waals surface area contributed by atoms with Gasteiger partial charge in [0.15, 0.2) is 0 Å². The zero-order chi connectivity index (χ0) is 17.5. The molecule has 136 valence electrons. The Bertz CT molecular complexity index is 477. The molecule has 4 nitrogen and oxygen atoms in total. The highest BCUT2D eigenvalue weighted by Crippen LogP contribution is 2.35. The Balaban J connectivity index is 2.41. The van der Waals surface area contributed by atoms with E-state index in [-0.39, 0.29) is 11.8 Å². The van der Waals surface area contributed by atoms with Gasteiger partial charge < -0.3 is 4.74 Å². The average molecular weight is 358 g/mol. The van der Waals surface area contributed by atoms with Gasteiger partial charge in [-0.25, -0.2) is 0 Å². The highest BCUT2D eigenvalue weighted by molar-refractivity contribution is 7.87. The summed E-state index contributed by atoms with van der Waals surface area (Å²) in [6.45, 7) is 4.25. The van der Waals surface area contributed by atoms with Crippen molar-refractivity contribution in [1.29, 1.82) is 0 Å². The van der Waals surface area contributed by atoms with E-state index in [0.29, 0.717) is 19.4 Å². The first kappa shape index (κ1) is 20.3. The molecule has 8 heteroatoms. The van der Waals surface area contributed by atoms with Crippen LogP contribution in [-0.4, -0.2) is 27.1 Å². The van der Waals surface area contributed by atoms with E-state index in [9.17, 15) is 21.6 Å². The fourth-order valence-corrected chi connectivity index (χ4v) is 3.14. The highest BCUT2D eigenvalue weighted by Gasteiger charge is 2.47. The Hall–Kier alpha value is -0.760. The Labute approximate surface area is 136 Å². The Morgan fingerprint density at radius 3 is 2.30 bits per heavy atom. The van der Waals surface area contributed by atoms with Crippen molar-refractivity contribution in [3.8, 4) is 0 Å². The van der Waals surface area contributed by atoms with Crippen molar-refractivity contribution in [2.45, 2.75) is 57.9 Å². The van der Waals surface area contributed by atoms with Crippen LogP contribution in [0.3, 0.4) is 0 Å². The lowest BCUT2D eigenvalue weighted by molar-refractivity contribution is -0.0554. The molecule has 0 bridgehead atoms. The monoisotopic (exact) mass is 358 g/mol. The number of halogens is 3. The molecule has 1 rings (SSSR count). The molecular weight excluding hydrogens is 333 g/mol. The number of rotatable bonds is 8. The molecule has 0 atom stereocenters. The summed E-state index contributed by atoms with van der Waals surface area (Å²) in [4.78, 5) is 0. The first-order valence-electron chi connectivity index (χ1n) is 7.96. The third-order valence-corrected chi connectivity index (χ3v) is 5.06. The molecule has 0 heterocycles. The summed E-state index contributed by atoms with van der Waals surface area (Å²) in [6.07, 6.45) is 6.77. The zero-order valence-electron chi connectivity index (χ0n) is 13.6. The summed E-state index contributed by atoms with van der Waals surface area (Å²) >= 11 is 0. The van der Waals surface area contributed by atoms with E-state index in [2.05, 4.69) is 11.1 Å². The quantitative estimate of drug-likeness (QED) is 0.280. The van der Waals surface area contributed by atoms with Crippen LogP contribution in [0.2, 0.25) is 0 Å². The van der Waals surface area contributed by atoms with E-state index in [1.54, 1.807) is 0 Å². The van der Waals surface area contributed by atoms with E-state index in [1.165, 1.54) is 0 Å². The van der Waals surface area contributed by atoms with Gasteiger partial charge in [-0.15, -0.1) is 0 Å². The Morgan fingerprint density at radius 2 is 1.83 bits per heavy atom. The summed E-state index contributed by atoms with van der Waals surface area (Å²) in [6, 6.07) is 0. The predicted octanol–water partition coefficient (Wildman–Crippen LogP) is 4.38. The van der Waals surface area contributed by atoms with Gasteiger partial charge in [0.05, 0.1) is 19.0 Å². The predicted molar refractivity (Wildman–Crippen MR) is 81.0 cm³/mol. The molecule has 23 heavy (non-hydrogen) atoms. The number of hydrogen-bond donors (Lipinski definition) is 0. The van der Waals surface area contributed by atoms with Crippen molar-refractivity contribution in [3.05, 3.63) is 11.8 Å². The van der Waals surface area contributed by atoms with Crippen LogP contribution in [0.1, 0.15) is 52.4 Å². The van der Waals surface area contributed by atoms with Crippen LogP contribution >= 0.6 is 0 Å². The van der Waals surface area contributed by atoms with E-state index in [0.717, 1.165) is 31.4 Å². The fraction of sp³-hybridized carbons (Fsp3) is 0.867. The molecule has 0 aliphatic heterocycles. The molecule has 0 radical (unpaired) electrons. The molecule has 0 unspecified atom stereocenters. The molecule has 0 aromatic heterocycles. The number of hydrogen-bond acceptors (Lipinski definition) is 4. The van der Waals surface area contributed by atoms with Crippen molar-refractivity contribution in [2.75, 3.05) is 13.2 Å². The normalized spacial score (nSPS) is 23.8. The Kier molecular flexibility index (Phi) is 7.86. The van der Waals surface area contributed by atoms with Gasteiger partial charge in [-0.2, -0.15) is 21.6 Å². The maximum absolute atomic E-state index is 12.2. The van der Waals surface area contributed by atoms with Gasteiger partial charge in [-0.3, -0.25) is 4.18 Å². The summed E-state index contributed by atoms with van der Waals surface area (Å²) < 4.78 is 68.3. The molecule has 0 aromatic carbocycles. The molecule has 1 aliphatic carbocycles. The largest absolute Gasteiger partial charge is 0.523 e. The lowest BCUT2D eigenvalue weighted by Crippen LogP contribution is -2.29. The lowest BCUT2D eigenvalue weighted by atomic mass is 9.81. The molecular formula is C15H25F3O4S. The smallest absolute Gasteiger partial charge is 0.498 e. The Morgan fingerprint density at radius 1 is 1.22 bits per heavy atom. The summed E-state index contributed by atoms with van der Waals surface area (Å²) in [7, 11) is -5.48. The standard InChI is InChI=1S/C15H25F3O4S/c1-3-5-10-21-14(4-2)13-8-6-12(7-9-13)11-22-23(19,20)15(16,17)18/h4,12-13H,3,5-11H2,1-2H3. The van der Waals surface area contributed by atoms with Crippen LogP contribution in [0.4, 0.5) is 13.2 Å². The zero-order valence-corrected chi connectivity index (χ0v) is 14.4. The summed E-state index contributed by atoms with van der Waals surface area (Å²) in [5, 5.41) is 0. The third kappa shape index (κ3) is 6.33. The van der Waals surface area contributed by atoms with Gasteiger partial charge in [0.2, 0.25) is 0 Å². The van der Waals surface area contributed by atoms with Gasteiger partial charge in [-0.05, 0) is 51.0 Å². The molecule has 0 saturated heterocycles. The van der Waals surface area contributed by atoms with Crippen molar-refractivity contribution < 1.29 is 30.5 Å². The van der Waals surface area contributed by atoms with Gasteiger partial charge in [0.25, 0.3) is 0 Å².